The Balaban J connectivity index is 1.54. The summed E-state index contributed by atoms with van der Waals surface area (Å²) in [4.78, 5) is 28.0. The predicted octanol–water partition coefficient (Wildman–Crippen LogP) is 1.65. The lowest BCUT2D eigenvalue weighted by Crippen LogP contribution is -2.44. The molecule has 0 aromatic heterocycles. The molecule has 0 saturated carbocycles. The predicted molar refractivity (Wildman–Crippen MR) is 96.8 cm³/mol. The van der Waals surface area contributed by atoms with Crippen LogP contribution in [0.2, 0.25) is 0 Å². The molecule has 1 aromatic rings. The van der Waals surface area contributed by atoms with Gasteiger partial charge < -0.3 is 19.9 Å². The van der Waals surface area contributed by atoms with E-state index in [2.05, 4.69) is 5.32 Å². The largest absolute Gasteiger partial charge is 0.484 e. The summed E-state index contributed by atoms with van der Waals surface area (Å²) in [6.07, 6.45) is 3.71. The van der Waals surface area contributed by atoms with Gasteiger partial charge in [-0.05, 0) is 50.9 Å². The maximum atomic E-state index is 12.4. The second kappa shape index (κ2) is 8.34. The van der Waals surface area contributed by atoms with Crippen LogP contribution in [0, 0.1) is 5.92 Å². The number of nitrogens with zero attached hydrogens (tertiary/aromatic N) is 2. The first-order valence-corrected chi connectivity index (χ1v) is 9.13. The van der Waals surface area contributed by atoms with Crippen LogP contribution in [0.5, 0.6) is 5.75 Å². The second-order valence-corrected chi connectivity index (χ2v) is 6.84. The molecule has 2 saturated heterocycles. The van der Waals surface area contributed by atoms with Gasteiger partial charge >= 0.3 is 0 Å². The summed E-state index contributed by atoms with van der Waals surface area (Å²) in [5.74, 6) is 1.34. The highest BCUT2D eigenvalue weighted by atomic mass is 16.5. The summed E-state index contributed by atoms with van der Waals surface area (Å²) in [5.41, 5.74) is 0.847. The van der Waals surface area contributed by atoms with E-state index in [0.29, 0.717) is 18.1 Å². The first-order chi connectivity index (χ1) is 12.2. The molecule has 1 aromatic carbocycles. The Morgan fingerprint density at radius 1 is 1.32 bits per heavy atom. The molecule has 2 aliphatic rings. The minimum atomic E-state index is 0.0310. The van der Waals surface area contributed by atoms with E-state index in [9.17, 15) is 9.59 Å². The Hall–Kier alpha value is -2.08. The average Bonchev–Trinajstić information content (AvgIpc) is 3.06. The minimum absolute atomic E-state index is 0.0310. The highest BCUT2D eigenvalue weighted by Crippen LogP contribution is 2.25. The Morgan fingerprint density at radius 2 is 2.20 bits per heavy atom. The highest BCUT2D eigenvalue weighted by Gasteiger charge is 2.24. The van der Waals surface area contributed by atoms with E-state index in [0.717, 1.165) is 51.1 Å². The number of anilines is 1. The van der Waals surface area contributed by atoms with E-state index in [1.165, 1.54) is 0 Å². The van der Waals surface area contributed by atoms with Crippen molar-refractivity contribution in [3.05, 3.63) is 24.3 Å². The van der Waals surface area contributed by atoms with E-state index in [1.54, 1.807) is 4.90 Å². The monoisotopic (exact) mass is 345 g/mol. The fourth-order valence-corrected chi connectivity index (χ4v) is 3.65. The summed E-state index contributed by atoms with van der Waals surface area (Å²) >= 11 is 0. The SMILES string of the molecule is CNCC1CCCN(C(=O)COc2cccc(N3CCCC3=O)c2)C1. The maximum absolute atomic E-state index is 12.4. The van der Waals surface area contributed by atoms with Gasteiger partial charge in [-0.25, -0.2) is 0 Å². The number of amides is 2. The van der Waals surface area contributed by atoms with Crippen LogP contribution in [0.25, 0.3) is 0 Å². The number of piperidine rings is 1. The molecular formula is C19H27N3O3. The van der Waals surface area contributed by atoms with Crippen LogP contribution in [0.3, 0.4) is 0 Å². The Labute approximate surface area is 149 Å². The summed E-state index contributed by atoms with van der Waals surface area (Å²) in [6, 6.07) is 7.45. The van der Waals surface area contributed by atoms with Crippen LogP contribution in [0.1, 0.15) is 25.7 Å². The van der Waals surface area contributed by atoms with E-state index >= 15 is 0 Å². The number of nitrogens with one attached hydrogen (secondary N) is 1. The maximum Gasteiger partial charge on any atom is 0.260 e. The van der Waals surface area contributed by atoms with Gasteiger partial charge in [0.15, 0.2) is 6.61 Å². The van der Waals surface area contributed by atoms with Gasteiger partial charge in [0.2, 0.25) is 5.91 Å². The van der Waals surface area contributed by atoms with E-state index < -0.39 is 0 Å². The van der Waals surface area contributed by atoms with Crippen LogP contribution >= 0.6 is 0 Å². The van der Waals surface area contributed by atoms with Gasteiger partial charge in [0, 0.05) is 37.8 Å². The number of hydrogen-bond acceptors (Lipinski definition) is 4. The molecule has 6 heteroatoms. The Morgan fingerprint density at radius 3 is 2.96 bits per heavy atom. The first kappa shape index (κ1) is 17.7. The van der Waals surface area contributed by atoms with Crippen LogP contribution < -0.4 is 15.0 Å². The van der Waals surface area contributed by atoms with Crippen molar-refractivity contribution >= 4 is 17.5 Å². The lowest BCUT2D eigenvalue weighted by molar-refractivity contribution is -0.135. The molecule has 0 aliphatic carbocycles. The molecule has 2 aliphatic heterocycles. The number of benzene rings is 1. The van der Waals surface area contributed by atoms with Gasteiger partial charge in [-0.1, -0.05) is 6.07 Å². The highest BCUT2D eigenvalue weighted by molar-refractivity contribution is 5.95. The van der Waals surface area contributed by atoms with Crippen molar-refractivity contribution in [3.8, 4) is 5.75 Å². The number of likely N-dealkylation sites (tertiary alicyclic amines) is 1. The number of carbonyl (C=O) groups is 2. The average molecular weight is 345 g/mol. The van der Waals surface area contributed by atoms with Crippen molar-refractivity contribution in [1.29, 1.82) is 0 Å². The fraction of sp³-hybridized carbons (Fsp3) is 0.579. The third-order valence-corrected chi connectivity index (χ3v) is 4.93. The number of rotatable bonds is 6. The molecule has 6 nitrogen and oxygen atoms in total. The third-order valence-electron chi connectivity index (χ3n) is 4.93. The van der Waals surface area contributed by atoms with Gasteiger partial charge in [0.25, 0.3) is 5.91 Å². The third kappa shape index (κ3) is 4.51. The van der Waals surface area contributed by atoms with Crippen molar-refractivity contribution < 1.29 is 14.3 Å². The zero-order valence-corrected chi connectivity index (χ0v) is 14.9. The van der Waals surface area contributed by atoms with Crippen molar-refractivity contribution in [3.63, 3.8) is 0 Å². The van der Waals surface area contributed by atoms with Crippen molar-refractivity contribution in [2.45, 2.75) is 25.7 Å². The van der Waals surface area contributed by atoms with Crippen molar-refractivity contribution in [2.24, 2.45) is 5.92 Å². The van der Waals surface area contributed by atoms with Gasteiger partial charge in [0.05, 0.1) is 0 Å². The summed E-state index contributed by atoms with van der Waals surface area (Å²) in [6.45, 7) is 3.35. The smallest absolute Gasteiger partial charge is 0.260 e. The normalized spacial score (nSPS) is 20.8. The number of hydrogen-bond donors (Lipinski definition) is 1. The molecule has 136 valence electrons. The summed E-state index contributed by atoms with van der Waals surface area (Å²) in [5, 5.41) is 3.19. The lowest BCUT2D eigenvalue weighted by atomic mass is 9.98. The standard InChI is InChI=1S/C19H27N3O3/c1-20-12-15-5-3-9-21(13-15)19(24)14-25-17-7-2-6-16(11-17)22-10-4-8-18(22)23/h2,6-7,11,15,20H,3-5,8-10,12-14H2,1H3. The second-order valence-electron chi connectivity index (χ2n) is 6.84. The molecule has 1 unspecified atom stereocenters. The van der Waals surface area contributed by atoms with Crippen LogP contribution in [-0.4, -0.2) is 56.5 Å². The van der Waals surface area contributed by atoms with Crippen molar-refractivity contribution in [1.82, 2.24) is 10.2 Å². The lowest BCUT2D eigenvalue weighted by Gasteiger charge is -2.32. The van der Waals surface area contributed by atoms with E-state index in [1.807, 2.05) is 36.2 Å². The van der Waals surface area contributed by atoms with Crippen LogP contribution in [0.15, 0.2) is 24.3 Å². The molecule has 3 rings (SSSR count). The summed E-state index contributed by atoms with van der Waals surface area (Å²) < 4.78 is 5.71. The molecule has 25 heavy (non-hydrogen) atoms. The molecule has 1 atom stereocenters. The molecule has 2 amide bonds. The zero-order chi connectivity index (χ0) is 17.6. The van der Waals surface area contributed by atoms with Crippen molar-refractivity contribution in [2.75, 3.05) is 44.7 Å². The molecule has 1 N–H and O–H groups in total. The van der Waals surface area contributed by atoms with Gasteiger partial charge in [-0.3, -0.25) is 9.59 Å². The fourth-order valence-electron chi connectivity index (χ4n) is 3.65. The molecule has 2 heterocycles. The zero-order valence-electron chi connectivity index (χ0n) is 14.9. The number of carbonyl (C=O) groups excluding carboxylic acids is 2. The molecule has 0 radical (unpaired) electrons. The molecule has 0 spiro atoms. The Bertz CT molecular complexity index is 618. The van der Waals surface area contributed by atoms with Crippen LogP contribution in [-0.2, 0) is 9.59 Å². The van der Waals surface area contributed by atoms with Gasteiger partial charge in [0.1, 0.15) is 5.75 Å². The number of ether oxygens (including phenoxy) is 1. The molecular weight excluding hydrogens is 318 g/mol. The molecule has 2 fully saturated rings. The Kier molecular flexibility index (Phi) is 5.91. The van der Waals surface area contributed by atoms with E-state index in [4.69, 9.17) is 4.74 Å². The topological polar surface area (TPSA) is 61.9 Å². The van der Waals surface area contributed by atoms with E-state index in [-0.39, 0.29) is 18.4 Å². The quantitative estimate of drug-likeness (QED) is 0.852. The summed E-state index contributed by atoms with van der Waals surface area (Å²) in [7, 11) is 1.95. The van der Waals surface area contributed by atoms with Crippen LogP contribution in [0.4, 0.5) is 5.69 Å². The molecule has 0 bridgehead atoms. The minimum Gasteiger partial charge on any atom is -0.484 e. The van der Waals surface area contributed by atoms with Gasteiger partial charge in [-0.15, -0.1) is 0 Å². The van der Waals surface area contributed by atoms with Gasteiger partial charge in [-0.2, -0.15) is 0 Å². The first-order valence-electron chi connectivity index (χ1n) is 9.13.